The topological polar surface area (TPSA) is 51.1 Å². The maximum absolute atomic E-state index is 12.8. The fourth-order valence-corrected chi connectivity index (χ4v) is 3.67. The summed E-state index contributed by atoms with van der Waals surface area (Å²) < 4.78 is 3.14. The molecule has 5 heteroatoms. The van der Waals surface area contributed by atoms with E-state index in [0.717, 1.165) is 15.5 Å². The predicted molar refractivity (Wildman–Crippen MR) is 104 cm³/mol. The van der Waals surface area contributed by atoms with E-state index >= 15 is 0 Å². The Bertz CT molecular complexity index is 1020. The van der Waals surface area contributed by atoms with Crippen LogP contribution in [0.25, 0.3) is 10.9 Å². The van der Waals surface area contributed by atoms with Gasteiger partial charge in [0.25, 0.3) is 5.91 Å². The number of halogens is 1. The van der Waals surface area contributed by atoms with Gasteiger partial charge >= 0.3 is 0 Å². The molecule has 0 aliphatic carbocycles. The van der Waals surface area contributed by atoms with Gasteiger partial charge in [-0.2, -0.15) is 0 Å². The average molecular weight is 430 g/mol. The summed E-state index contributed by atoms with van der Waals surface area (Å²) in [4.78, 5) is 25.4. The van der Waals surface area contributed by atoms with Crippen molar-refractivity contribution in [3.63, 3.8) is 0 Å². The molecule has 4 nitrogen and oxygen atoms in total. The molecule has 0 spiro atoms. The highest BCUT2D eigenvalue weighted by atomic mass is 127. The molecule has 0 saturated heterocycles. The first-order valence-electron chi connectivity index (χ1n) is 7.78. The molecule has 1 aliphatic rings. The van der Waals surface area contributed by atoms with Crippen molar-refractivity contribution in [2.24, 2.45) is 0 Å². The molecule has 0 unspecified atom stereocenters. The number of carbonyl (C=O) groups is 1. The Kier molecular flexibility index (Phi) is 3.68. The van der Waals surface area contributed by atoms with Crippen LogP contribution in [0, 0.1) is 3.57 Å². The molecule has 4 rings (SSSR count). The monoisotopic (exact) mass is 430 g/mol. The summed E-state index contributed by atoms with van der Waals surface area (Å²) in [7, 11) is 0. The number of hydrogen-bond acceptors (Lipinski definition) is 2. The van der Waals surface area contributed by atoms with Crippen LogP contribution in [-0.2, 0) is 6.42 Å². The van der Waals surface area contributed by atoms with E-state index in [2.05, 4.69) is 39.4 Å². The van der Waals surface area contributed by atoms with E-state index in [1.807, 2.05) is 36.4 Å². The molecule has 0 saturated carbocycles. The Balaban J connectivity index is 1.81. The first-order valence-corrected chi connectivity index (χ1v) is 8.86. The van der Waals surface area contributed by atoms with Gasteiger partial charge in [-0.25, -0.2) is 0 Å². The maximum atomic E-state index is 12.8. The summed E-state index contributed by atoms with van der Waals surface area (Å²) in [5, 5.41) is 3.44. The van der Waals surface area contributed by atoms with Gasteiger partial charge in [-0.05, 0) is 71.8 Å². The van der Waals surface area contributed by atoms with Gasteiger partial charge in [0.1, 0.15) is 5.56 Å². The van der Waals surface area contributed by atoms with Crippen LogP contribution in [0.5, 0.6) is 0 Å². The lowest BCUT2D eigenvalue weighted by atomic mass is 10.1. The van der Waals surface area contributed by atoms with Crippen molar-refractivity contribution >= 4 is 45.1 Å². The largest absolute Gasteiger partial charge is 0.343 e. The zero-order chi connectivity index (χ0) is 16.8. The maximum Gasteiger partial charge on any atom is 0.261 e. The van der Waals surface area contributed by atoms with E-state index < -0.39 is 0 Å². The minimum atomic E-state index is -0.364. The first-order chi connectivity index (χ1) is 11.5. The average Bonchev–Trinajstić information content (AvgIpc) is 2.89. The highest BCUT2D eigenvalue weighted by Gasteiger charge is 2.24. The smallest absolute Gasteiger partial charge is 0.261 e. The van der Waals surface area contributed by atoms with Crippen molar-refractivity contribution in [3.8, 4) is 0 Å². The second-order valence-corrected chi connectivity index (χ2v) is 7.35. The molecule has 1 N–H and O–H groups in total. The number of benzene rings is 2. The molecule has 24 heavy (non-hydrogen) atoms. The zero-order valence-electron chi connectivity index (χ0n) is 13.0. The van der Waals surface area contributed by atoms with Crippen LogP contribution in [0.3, 0.4) is 0 Å². The Morgan fingerprint density at radius 3 is 2.71 bits per heavy atom. The normalized spacial score (nSPS) is 15.7. The molecule has 0 radical (unpaired) electrons. The van der Waals surface area contributed by atoms with E-state index in [1.54, 1.807) is 12.3 Å². The summed E-state index contributed by atoms with van der Waals surface area (Å²) in [5.41, 5.74) is 2.79. The van der Waals surface area contributed by atoms with Crippen molar-refractivity contribution in [3.05, 3.63) is 73.6 Å². The van der Waals surface area contributed by atoms with Crippen LogP contribution in [-0.4, -0.2) is 10.5 Å². The van der Waals surface area contributed by atoms with Gasteiger partial charge in [-0.1, -0.05) is 12.1 Å². The minimum absolute atomic E-state index is 0.187. The third kappa shape index (κ3) is 2.43. The standard InChI is InChI=1S/C19H15IN2O2/c1-11-9-12-3-2-4-15-17(12)22(11)10-16(18(15)23)19(24)21-14-7-5-13(20)6-8-14/h2-8,10-11H,9H2,1H3,(H,21,24)/t11-/m1/s1. The van der Waals surface area contributed by atoms with Crippen LogP contribution in [0.1, 0.15) is 28.9 Å². The number of carbonyl (C=O) groups excluding carboxylic acids is 1. The lowest BCUT2D eigenvalue weighted by molar-refractivity contribution is 0.102. The zero-order valence-corrected chi connectivity index (χ0v) is 15.2. The van der Waals surface area contributed by atoms with E-state index in [-0.39, 0.29) is 22.9 Å². The van der Waals surface area contributed by atoms with E-state index in [9.17, 15) is 9.59 Å². The summed E-state index contributed by atoms with van der Waals surface area (Å²) >= 11 is 2.21. The van der Waals surface area contributed by atoms with Gasteiger partial charge in [-0.15, -0.1) is 0 Å². The number of nitrogens with zero attached hydrogens (tertiary/aromatic N) is 1. The quantitative estimate of drug-likeness (QED) is 0.626. The summed E-state index contributed by atoms with van der Waals surface area (Å²) in [6.45, 7) is 2.10. The molecular weight excluding hydrogens is 415 g/mol. The van der Waals surface area contributed by atoms with E-state index in [0.29, 0.717) is 11.1 Å². The second-order valence-electron chi connectivity index (χ2n) is 6.11. The Morgan fingerprint density at radius 1 is 1.21 bits per heavy atom. The molecule has 120 valence electrons. The molecule has 1 atom stereocenters. The van der Waals surface area contributed by atoms with Crippen molar-refractivity contribution < 1.29 is 4.79 Å². The predicted octanol–water partition coefficient (Wildman–Crippen LogP) is 3.98. The SMILES string of the molecule is C[C@@H]1Cc2cccc3c(=O)c(C(=O)Nc4ccc(I)cc4)cn1c23. The first kappa shape index (κ1) is 15.4. The van der Waals surface area contributed by atoms with Crippen molar-refractivity contribution in [2.45, 2.75) is 19.4 Å². The molecular formula is C19H15IN2O2. The number of nitrogens with one attached hydrogen (secondary N) is 1. The van der Waals surface area contributed by atoms with Crippen LogP contribution in [0.15, 0.2) is 53.5 Å². The van der Waals surface area contributed by atoms with Gasteiger partial charge < -0.3 is 9.88 Å². The molecule has 1 amide bonds. The summed E-state index contributed by atoms with van der Waals surface area (Å²) in [6, 6.07) is 13.5. The lowest BCUT2D eigenvalue weighted by Crippen LogP contribution is -2.23. The number of hydrogen-bond donors (Lipinski definition) is 1. The number of aromatic nitrogens is 1. The second kappa shape index (κ2) is 5.73. The fraction of sp³-hybridized carbons (Fsp3) is 0.158. The van der Waals surface area contributed by atoms with Gasteiger partial charge in [0.2, 0.25) is 5.43 Å². The molecule has 1 aromatic heterocycles. The lowest BCUT2D eigenvalue weighted by Gasteiger charge is -2.12. The van der Waals surface area contributed by atoms with E-state index in [1.165, 1.54) is 5.56 Å². The highest BCUT2D eigenvalue weighted by molar-refractivity contribution is 14.1. The van der Waals surface area contributed by atoms with Gasteiger partial charge in [-0.3, -0.25) is 9.59 Å². The number of rotatable bonds is 2. The van der Waals surface area contributed by atoms with Crippen LogP contribution in [0.2, 0.25) is 0 Å². The van der Waals surface area contributed by atoms with Gasteiger partial charge in [0.05, 0.1) is 5.52 Å². The molecule has 0 bridgehead atoms. The Hall–Kier alpha value is -2.15. The van der Waals surface area contributed by atoms with Crippen LogP contribution >= 0.6 is 22.6 Å². The van der Waals surface area contributed by atoms with Gasteiger partial charge in [0, 0.05) is 26.9 Å². The number of pyridine rings is 1. The number of anilines is 1. The summed E-state index contributed by atoms with van der Waals surface area (Å²) in [6.07, 6.45) is 2.59. The fourth-order valence-electron chi connectivity index (χ4n) is 3.31. The van der Waals surface area contributed by atoms with E-state index in [4.69, 9.17) is 0 Å². The highest BCUT2D eigenvalue weighted by Crippen LogP contribution is 2.30. The third-order valence-electron chi connectivity index (χ3n) is 4.47. The number of para-hydroxylation sites is 1. The van der Waals surface area contributed by atoms with Gasteiger partial charge in [0.15, 0.2) is 0 Å². The Labute approximate surface area is 152 Å². The number of amides is 1. The van der Waals surface area contributed by atoms with Crippen LogP contribution < -0.4 is 10.7 Å². The molecule has 0 fully saturated rings. The molecule has 3 aromatic rings. The molecule has 1 aliphatic heterocycles. The van der Waals surface area contributed by atoms with Crippen molar-refractivity contribution in [1.29, 1.82) is 0 Å². The minimum Gasteiger partial charge on any atom is -0.343 e. The molecule has 2 aromatic carbocycles. The van der Waals surface area contributed by atoms with Crippen molar-refractivity contribution in [1.82, 2.24) is 4.57 Å². The van der Waals surface area contributed by atoms with Crippen LogP contribution in [0.4, 0.5) is 5.69 Å². The third-order valence-corrected chi connectivity index (χ3v) is 5.19. The molecule has 2 heterocycles. The Morgan fingerprint density at radius 2 is 1.96 bits per heavy atom. The van der Waals surface area contributed by atoms with Crippen molar-refractivity contribution in [2.75, 3.05) is 5.32 Å². The summed E-state index contributed by atoms with van der Waals surface area (Å²) in [5.74, 6) is -0.364.